The number of aliphatic hydroxyl groups is 1. The zero-order valence-corrected chi connectivity index (χ0v) is 14.2. The maximum Gasteiger partial charge on any atom is 0.163 e. The second kappa shape index (κ2) is 9.23. The molecule has 23 heavy (non-hydrogen) atoms. The van der Waals surface area contributed by atoms with Crippen molar-refractivity contribution in [2.24, 2.45) is 0 Å². The first-order valence-electron chi connectivity index (χ1n) is 7.79. The third-order valence-corrected chi connectivity index (χ3v) is 3.31. The fourth-order valence-electron chi connectivity index (χ4n) is 2.51. The smallest absolute Gasteiger partial charge is 0.163 e. The van der Waals surface area contributed by atoms with Gasteiger partial charge in [-0.3, -0.25) is 0 Å². The zero-order chi connectivity index (χ0) is 17.4. The Balaban J connectivity index is 3.01. The van der Waals surface area contributed by atoms with Crippen LogP contribution in [0.4, 0.5) is 5.69 Å². The van der Waals surface area contributed by atoms with Gasteiger partial charge in [0.05, 0.1) is 31.1 Å². The van der Waals surface area contributed by atoms with Crippen LogP contribution in [0.3, 0.4) is 0 Å². The summed E-state index contributed by atoms with van der Waals surface area (Å²) in [6.07, 6.45) is 0. The molecule has 1 aromatic rings. The minimum absolute atomic E-state index is 0.0377. The van der Waals surface area contributed by atoms with Crippen LogP contribution in [0.25, 0.3) is 0 Å². The molecule has 0 aliphatic rings. The highest BCUT2D eigenvalue weighted by Gasteiger charge is 2.20. The lowest BCUT2D eigenvalue weighted by atomic mass is 10.1. The number of phenolic OH excluding ortho intramolecular Hbond substituents is 1. The van der Waals surface area contributed by atoms with Gasteiger partial charge in [-0.1, -0.05) is 0 Å². The lowest BCUT2D eigenvalue weighted by Crippen LogP contribution is -2.37. The normalized spacial score (nSPS) is 10.9. The highest BCUT2D eigenvalue weighted by Crippen LogP contribution is 2.35. The number of nitrogens with zero attached hydrogens (tertiary/aromatic N) is 2. The number of aliphatic hydroxyl groups excluding tert-OH is 1. The van der Waals surface area contributed by atoms with Gasteiger partial charge in [-0.25, -0.2) is 0 Å². The molecular formula is C17H26N2O4. The van der Waals surface area contributed by atoms with E-state index in [1.165, 1.54) is 6.07 Å². The van der Waals surface area contributed by atoms with E-state index in [1.54, 1.807) is 6.07 Å². The molecule has 0 aliphatic carbocycles. The molecule has 0 unspecified atom stereocenters. The van der Waals surface area contributed by atoms with Gasteiger partial charge in [-0.05, 0) is 27.7 Å². The molecule has 0 fully saturated rings. The zero-order valence-electron chi connectivity index (χ0n) is 14.2. The molecule has 0 aliphatic heterocycles. The molecule has 0 amide bonds. The van der Waals surface area contributed by atoms with Crippen molar-refractivity contribution in [3.05, 3.63) is 17.7 Å². The molecule has 0 saturated carbocycles. The highest BCUT2D eigenvalue weighted by molar-refractivity contribution is 5.66. The molecule has 0 saturated heterocycles. The van der Waals surface area contributed by atoms with E-state index in [4.69, 9.17) is 14.6 Å². The summed E-state index contributed by atoms with van der Waals surface area (Å²) in [6.45, 7) is 8.99. The predicted octanol–water partition coefficient (Wildman–Crippen LogP) is 2.27. The number of ether oxygens (including phenoxy) is 2. The minimum atomic E-state index is -0.0695. The van der Waals surface area contributed by atoms with Crippen molar-refractivity contribution in [2.75, 3.05) is 31.3 Å². The van der Waals surface area contributed by atoms with Gasteiger partial charge < -0.3 is 24.6 Å². The van der Waals surface area contributed by atoms with Crippen molar-refractivity contribution in [1.82, 2.24) is 0 Å². The van der Waals surface area contributed by atoms with Gasteiger partial charge in [0.25, 0.3) is 0 Å². The minimum Gasteiger partial charge on any atom is -0.504 e. The van der Waals surface area contributed by atoms with Gasteiger partial charge in [-0.15, -0.1) is 0 Å². The average molecular weight is 322 g/mol. The van der Waals surface area contributed by atoms with Crippen molar-refractivity contribution >= 4 is 5.69 Å². The molecule has 6 nitrogen and oxygen atoms in total. The molecule has 0 atom stereocenters. The van der Waals surface area contributed by atoms with Crippen LogP contribution >= 0.6 is 0 Å². The summed E-state index contributed by atoms with van der Waals surface area (Å²) in [7, 11) is 0. The fourth-order valence-corrected chi connectivity index (χ4v) is 2.51. The number of aromatic hydroxyl groups is 1. The Labute approximate surface area is 137 Å². The van der Waals surface area contributed by atoms with Crippen LogP contribution in [0.5, 0.6) is 11.5 Å². The molecule has 1 rings (SSSR count). The summed E-state index contributed by atoms with van der Waals surface area (Å²) >= 11 is 0. The number of hydrogen-bond acceptors (Lipinski definition) is 6. The maximum absolute atomic E-state index is 10.0. The van der Waals surface area contributed by atoms with E-state index < -0.39 is 0 Å². The number of anilines is 1. The summed E-state index contributed by atoms with van der Waals surface area (Å²) in [4.78, 5) is 2.10. The topological polar surface area (TPSA) is 86.0 Å². The van der Waals surface area contributed by atoms with Gasteiger partial charge in [-0.2, -0.15) is 5.26 Å². The van der Waals surface area contributed by atoms with Crippen LogP contribution in [-0.4, -0.2) is 48.7 Å². The Morgan fingerprint density at radius 1 is 1.13 bits per heavy atom. The van der Waals surface area contributed by atoms with E-state index in [9.17, 15) is 10.4 Å². The van der Waals surface area contributed by atoms with Gasteiger partial charge in [0.15, 0.2) is 11.5 Å². The van der Waals surface area contributed by atoms with Crippen molar-refractivity contribution in [1.29, 1.82) is 5.26 Å². The molecule has 0 radical (unpaired) electrons. The van der Waals surface area contributed by atoms with Gasteiger partial charge in [0.2, 0.25) is 0 Å². The highest BCUT2D eigenvalue weighted by atomic mass is 16.5. The van der Waals surface area contributed by atoms with E-state index in [2.05, 4.69) is 38.7 Å². The monoisotopic (exact) mass is 322 g/mol. The van der Waals surface area contributed by atoms with Crippen molar-refractivity contribution in [2.45, 2.75) is 39.8 Å². The molecular weight excluding hydrogens is 296 g/mol. The molecule has 0 spiro atoms. The molecule has 0 aromatic heterocycles. The maximum atomic E-state index is 10.0. The summed E-state index contributed by atoms with van der Waals surface area (Å²) in [5.74, 6) is 0.248. The van der Waals surface area contributed by atoms with E-state index in [0.29, 0.717) is 17.9 Å². The fraction of sp³-hybridized carbons (Fsp3) is 0.588. The average Bonchev–Trinajstić information content (AvgIpc) is 2.48. The molecule has 6 heteroatoms. The van der Waals surface area contributed by atoms with Gasteiger partial charge in [0.1, 0.15) is 12.7 Å². The number of rotatable bonds is 9. The van der Waals surface area contributed by atoms with Crippen LogP contribution in [0.2, 0.25) is 0 Å². The van der Waals surface area contributed by atoms with Gasteiger partial charge >= 0.3 is 0 Å². The van der Waals surface area contributed by atoms with Crippen molar-refractivity contribution in [3.63, 3.8) is 0 Å². The number of hydrogen-bond donors (Lipinski definition) is 2. The Bertz CT molecular complexity index is 530. The predicted molar refractivity (Wildman–Crippen MR) is 89.0 cm³/mol. The molecule has 2 N–H and O–H groups in total. The Morgan fingerprint density at radius 3 is 2.30 bits per heavy atom. The molecule has 0 bridgehead atoms. The Kier molecular flexibility index (Phi) is 7.66. The largest absolute Gasteiger partial charge is 0.504 e. The molecule has 128 valence electrons. The number of phenols is 1. The second-order valence-corrected chi connectivity index (χ2v) is 5.73. The van der Waals surface area contributed by atoms with Crippen molar-refractivity contribution < 1.29 is 19.7 Å². The summed E-state index contributed by atoms with van der Waals surface area (Å²) in [5, 5.41) is 28.0. The van der Waals surface area contributed by atoms with Crippen molar-refractivity contribution in [3.8, 4) is 17.6 Å². The van der Waals surface area contributed by atoms with E-state index >= 15 is 0 Å². The first kappa shape index (κ1) is 19.1. The Hall–Kier alpha value is -1.97. The van der Waals surface area contributed by atoms with Crippen LogP contribution < -0.4 is 9.64 Å². The van der Waals surface area contributed by atoms with Crippen LogP contribution in [0.1, 0.15) is 33.3 Å². The standard InChI is InChI=1S/C17H26N2O4/c1-12(2)19(13(3)4)15-10-17(16(21)9-14(15)11-18)23-8-7-22-6-5-20/h9-10,12-13,20-21H,5-8H2,1-4H3. The Morgan fingerprint density at radius 2 is 1.78 bits per heavy atom. The lowest BCUT2D eigenvalue weighted by Gasteiger charge is -2.34. The summed E-state index contributed by atoms with van der Waals surface area (Å²) < 4.78 is 10.7. The summed E-state index contributed by atoms with van der Waals surface area (Å²) in [5.41, 5.74) is 1.15. The molecule has 1 aromatic carbocycles. The third-order valence-electron chi connectivity index (χ3n) is 3.31. The van der Waals surface area contributed by atoms with Gasteiger partial charge in [0, 0.05) is 24.2 Å². The number of nitriles is 1. The first-order valence-corrected chi connectivity index (χ1v) is 7.79. The van der Waals surface area contributed by atoms with Crippen LogP contribution in [0.15, 0.2) is 12.1 Å². The third kappa shape index (κ3) is 5.31. The van der Waals surface area contributed by atoms with E-state index in [1.807, 2.05) is 0 Å². The SMILES string of the molecule is CC(C)N(c1cc(OCCOCCO)c(O)cc1C#N)C(C)C. The van der Waals surface area contributed by atoms with E-state index in [0.717, 1.165) is 5.69 Å². The quantitative estimate of drug-likeness (QED) is 0.678. The summed E-state index contributed by atoms with van der Waals surface area (Å²) in [6, 6.07) is 5.65. The molecule has 0 heterocycles. The van der Waals surface area contributed by atoms with E-state index in [-0.39, 0.29) is 37.7 Å². The first-order chi connectivity index (χ1) is 10.9. The number of benzene rings is 1. The van der Waals surface area contributed by atoms with Crippen LogP contribution in [-0.2, 0) is 4.74 Å². The van der Waals surface area contributed by atoms with Crippen LogP contribution in [0, 0.1) is 11.3 Å². The lowest BCUT2D eigenvalue weighted by molar-refractivity contribution is 0.0699. The second-order valence-electron chi connectivity index (χ2n) is 5.73.